The minimum Gasteiger partial charge on any atom is -0.494 e. The summed E-state index contributed by atoms with van der Waals surface area (Å²) >= 11 is 7.66. The number of likely N-dealkylation sites (N-methyl/N-ethyl adjacent to an activating group) is 1. The summed E-state index contributed by atoms with van der Waals surface area (Å²) in [4.78, 5) is 21.4. The summed E-state index contributed by atoms with van der Waals surface area (Å²) in [6.45, 7) is 1.25. The zero-order chi connectivity index (χ0) is 20.1. The lowest BCUT2D eigenvalue weighted by atomic mass is 10.2. The maximum atomic E-state index is 13.0. The molecule has 0 unspecified atom stereocenters. The van der Waals surface area contributed by atoms with E-state index in [-0.39, 0.29) is 5.91 Å². The van der Waals surface area contributed by atoms with Gasteiger partial charge < -0.3 is 9.64 Å². The molecule has 7 heteroatoms. The Morgan fingerprint density at radius 3 is 2.68 bits per heavy atom. The van der Waals surface area contributed by atoms with Crippen LogP contribution in [0.4, 0.5) is 5.13 Å². The first-order valence-electron chi connectivity index (χ1n) is 8.82. The highest BCUT2D eigenvalue weighted by molar-refractivity contribution is 7.22. The Kier molecular flexibility index (Phi) is 6.67. The molecular weight excluding hydrogens is 394 g/mol. The van der Waals surface area contributed by atoms with Gasteiger partial charge >= 0.3 is 0 Å². The van der Waals surface area contributed by atoms with Crippen LogP contribution in [0.1, 0.15) is 5.56 Å². The van der Waals surface area contributed by atoms with Crippen molar-refractivity contribution in [3.05, 3.63) is 59.1 Å². The molecule has 3 rings (SSSR count). The van der Waals surface area contributed by atoms with E-state index in [1.807, 2.05) is 55.4 Å². The number of benzene rings is 2. The van der Waals surface area contributed by atoms with Gasteiger partial charge in [-0.2, -0.15) is 0 Å². The third-order valence-corrected chi connectivity index (χ3v) is 5.56. The van der Waals surface area contributed by atoms with E-state index in [0.29, 0.717) is 22.4 Å². The molecule has 0 saturated heterocycles. The van der Waals surface area contributed by atoms with Crippen LogP contribution in [0.5, 0.6) is 5.75 Å². The number of ether oxygens (including phenoxy) is 1. The first kappa shape index (κ1) is 20.3. The van der Waals surface area contributed by atoms with Crippen LogP contribution in [0.2, 0.25) is 5.02 Å². The fourth-order valence-corrected chi connectivity index (χ4v) is 3.87. The van der Waals surface area contributed by atoms with Crippen LogP contribution in [0.3, 0.4) is 0 Å². The first-order chi connectivity index (χ1) is 13.5. The number of fused-ring (bicyclic) bond motifs is 1. The van der Waals surface area contributed by atoms with E-state index in [0.717, 1.165) is 22.3 Å². The largest absolute Gasteiger partial charge is 0.494 e. The van der Waals surface area contributed by atoms with Crippen LogP contribution in [-0.4, -0.2) is 50.1 Å². The van der Waals surface area contributed by atoms with Crippen molar-refractivity contribution < 1.29 is 9.53 Å². The van der Waals surface area contributed by atoms with Crippen molar-refractivity contribution in [2.75, 3.05) is 39.2 Å². The van der Waals surface area contributed by atoms with E-state index in [9.17, 15) is 4.79 Å². The molecule has 0 radical (unpaired) electrons. The molecule has 0 N–H and O–H groups in total. The topological polar surface area (TPSA) is 45.7 Å². The molecule has 0 atom stereocenters. The van der Waals surface area contributed by atoms with Crippen molar-refractivity contribution in [3.63, 3.8) is 0 Å². The number of hydrogen-bond donors (Lipinski definition) is 0. The number of amides is 1. The minimum atomic E-state index is -0.139. The lowest BCUT2D eigenvalue weighted by Gasteiger charge is -2.20. The second-order valence-corrected chi connectivity index (χ2v) is 7.87. The van der Waals surface area contributed by atoms with Crippen molar-refractivity contribution in [2.24, 2.45) is 0 Å². The molecule has 0 fully saturated rings. The molecule has 3 aromatic rings. The highest BCUT2D eigenvalue weighted by atomic mass is 35.5. The molecule has 5 nitrogen and oxygen atoms in total. The summed E-state index contributed by atoms with van der Waals surface area (Å²) in [5, 5.41) is 1.26. The van der Waals surface area contributed by atoms with Gasteiger partial charge in [-0.1, -0.05) is 47.2 Å². The average Bonchev–Trinajstić information content (AvgIpc) is 3.11. The average molecular weight is 416 g/mol. The number of nitrogens with zero attached hydrogens (tertiary/aromatic N) is 3. The minimum absolute atomic E-state index is 0.139. The van der Waals surface area contributed by atoms with E-state index < -0.39 is 0 Å². The van der Waals surface area contributed by atoms with Gasteiger partial charge in [-0.3, -0.25) is 9.69 Å². The normalized spacial score (nSPS) is 11.5. The summed E-state index contributed by atoms with van der Waals surface area (Å²) in [6.07, 6.45) is 3.28. The standard InChI is InChI=1S/C21H22ClN3O2S/c1-24(2)13-14-25(19(26)12-11-15-7-4-5-8-16(15)22)21-23-20-17(27-3)9-6-10-18(20)28-21/h4-12H,13-14H2,1-3H3/b12-11+. The lowest BCUT2D eigenvalue weighted by molar-refractivity contribution is -0.114. The molecule has 0 bridgehead atoms. The van der Waals surface area contributed by atoms with Gasteiger partial charge in [0.1, 0.15) is 11.3 Å². The Bertz CT molecular complexity index is 1000. The zero-order valence-electron chi connectivity index (χ0n) is 16.1. The highest BCUT2D eigenvalue weighted by Crippen LogP contribution is 2.34. The summed E-state index contributed by atoms with van der Waals surface area (Å²) in [7, 11) is 5.57. The van der Waals surface area contributed by atoms with Crippen molar-refractivity contribution in [3.8, 4) is 5.75 Å². The number of carbonyl (C=O) groups excluding carboxylic acids is 1. The number of anilines is 1. The molecule has 1 aromatic heterocycles. The smallest absolute Gasteiger partial charge is 0.252 e. The highest BCUT2D eigenvalue weighted by Gasteiger charge is 2.19. The molecule has 1 amide bonds. The van der Waals surface area contributed by atoms with Gasteiger partial charge in [-0.05, 0) is 43.9 Å². The monoisotopic (exact) mass is 415 g/mol. The van der Waals surface area contributed by atoms with Crippen LogP contribution >= 0.6 is 22.9 Å². The predicted molar refractivity (Wildman–Crippen MR) is 118 cm³/mol. The molecular formula is C21H22ClN3O2S. The van der Waals surface area contributed by atoms with E-state index in [1.54, 1.807) is 30.2 Å². The van der Waals surface area contributed by atoms with Crippen LogP contribution in [0.15, 0.2) is 48.5 Å². The Morgan fingerprint density at radius 2 is 1.96 bits per heavy atom. The Balaban J connectivity index is 1.92. The van der Waals surface area contributed by atoms with Crippen LogP contribution < -0.4 is 9.64 Å². The first-order valence-corrected chi connectivity index (χ1v) is 10.0. The third-order valence-electron chi connectivity index (χ3n) is 4.17. The molecule has 1 heterocycles. The molecule has 28 heavy (non-hydrogen) atoms. The molecule has 0 saturated carbocycles. The molecule has 0 aliphatic carbocycles. The maximum Gasteiger partial charge on any atom is 0.252 e. The van der Waals surface area contributed by atoms with Crippen molar-refractivity contribution in [2.45, 2.75) is 0 Å². The Hall–Kier alpha value is -2.41. The lowest BCUT2D eigenvalue weighted by Crippen LogP contribution is -2.35. The summed E-state index contributed by atoms with van der Waals surface area (Å²) < 4.78 is 6.38. The fourth-order valence-electron chi connectivity index (χ4n) is 2.65. The van der Waals surface area contributed by atoms with Crippen LogP contribution in [-0.2, 0) is 4.79 Å². The van der Waals surface area contributed by atoms with Gasteiger partial charge in [0, 0.05) is 24.2 Å². The van der Waals surface area contributed by atoms with Crippen molar-refractivity contribution in [1.82, 2.24) is 9.88 Å². The van der Waals surface area contributed by atoms with Gasteiger partial charge in [-0.15, -0.1) is 0 Å². The van der Waals surface area contributed by atoms with E-state index in [2.05, 4.69) is 4.98 Å². The van der Waals surface area contributed by atoms with Crippen LogP contribution in [0.25, 0.3) is 16.3 Å². The molecule has 0 aliphatic heterocycles. The summed E-state index contributed by atoms with van der Waals surface area (Å²) in [6, 6.07) is 13.2. The number of hydrogen-bond acceptors (Lipinski definition) is 5. The number of thiazole rings is 1. The number of para-hydroxylation sites is 1. The van der Waals surface area contributed by atoms with Gasteiger partial charge in [0.15, 0.2) is 5.13 Å². The van der Waals surface area contributed by atoms with E-state index in [1.165, 1.54) is 11.3 Å². The quantitative estimate of drug-likeness (QED) is 0.530. The number of rotatable bonds is 7. The summed E-state index contributed by atoms with van der Waals surface area (Å²) in [5.74, 6) is 0.561. The number of aromatic nitrogens is 1. The fraction of sp³-hybridized carbons (Fsp3) is 0.238. The Labute approximate surface area is 173 Å². The maximum absolute atomic E-state index is 13.0. The molecule has 2 aromatic carbocycles. The van der Waals surface area contributed by atoms with E-state index >= 15 is 0 Å². The molecule has 0 aliphatic rings. The second kappa shape index (κ2) is 9.19. The van der Waals surface area contributed by atoms with Gasteiger partial charge in [0.05, 0.1) is 11.8 Å². The van der Waals surface area contributed by atoms with Crippen LogP contribution in [0, 0.1) is 0 Å². The second-order valence-electron chi connectivity index (χ2n) is 6.45. The van der Waals surface area contributed by atoms with Crippen molar-refractivity contribution >= 4 is 50.3 Å². The van der Waals surface area contributed by atoms with Gasteiger partial charge in [0.2, 0.25) is 0 Å². The SMILES string of the molecule is COc1cccc2sc(N(CCN(C)C)C(=O)/C=C/c3ccccc3Cl)nc12. The van der Waals surface area contributed by atoms with Gasteiger partial charge in [-0.25, -0.2) is 4.98 Å². The van der Waals surface area contributed by atoms with Gasteiger partial charge in [0.25, 0.3) is 5.91 Å². The van der Waals surface area contributed by atoms with E-state index in [4.69, 9.17) is 16.3 Å². The molecule has 0 spiro atoms. The molecule has 146 valence electrons. The third kappa shape index (κ3) is 4.70. The predicted octanol–water partition coefficient (Wildman–Crippen LogP) is 4.57. The van der Waals surface area contributed by atoms with Crippen molar-refractivity contribution in [1.29, 1.82) is 0 Å². The number of methoxy groups -OCH3 is 1. The number of halogens is 1. The number of carbonyl (C=O) groups is 1. The zero-order valence-corrected chi connectivity index (χ0v) is 17.6. The Morgan fingerprint density at radius 1 is 1.18 bits per heavy atom. The summed E-state index contributed by atoms with van der Waals surface area (Å²) in [5.41, 5.74) is 1.57.